The first-order valence-electron chi connectivity index (χ1n) is 5.43. The highest BCUT2D eigenvalue weighted by Crippen LogP contribution is 2.38. The number of carboxylic acids is 1. The van der Waals surface area contributed by atoms with Crippen molar-refractivity contribution in [3.05, 3.63) is 29.6 Å². The van der Waals surface area contributed by atoms with E-state index in [2.05, 4.69) is 0 Å². The lowest BCUT2D eigenvalue weighted by atomic mass is 9.73. The van der Waals surface area contributed by atoms with Gasteiger partial charge in [0.2, 0.25) is 0 Å². The van der Waals surface area contributed by atoms with E-state index in [1.165, 1.54) is 18.2 Å². The molecule has 0 amide bonds. The molecule has 1 aromatic carbocycles. The Hall–Kier alpha value is -1.62. The molecule has 0 aromatic heterocycles. The Bertz CT molecular complexity index is 441. The number of carbonyl (C=O) groups is 1. The third-order valence-corrected chi connectivity index (χ3v) is 3.29. The molecule has 17 heavy (non-hydrogen) atoms. The lowest BCUT2D eigenvalue weighted by molar-refractivity contribution is -0.147. The normalized spacial score (nSPS) is 18.9. The number of nitrogens with two attached hydrogens (primary N) is 1. The van der Waals surface area contributed by atoms with E-state index in [-0.39, 0.29) is 0 Å². The van der Waals surface area contributed by atoms with Gasteiger partial charge in [0.1, 0.15) is 5.82 Å². The molecule has 0 saturated carbocycles. The van der Waals surface area contributed by atoms with Crippen LogP contribution in [0.25, 0.3) is 0 Å². The van der Waals surface area contributed by atoms with Crippen molar-refractivity contribution in [2.45, 2.75) is 18.3 Å². The minimum absolute atomic E-state index is 0.315. The van der Waals surface area contributed by atoms with Gasteiger partial charge in [-0.1, -0.05) is 0 Å². The maximum Gasteiger partial charge on any atom is 0.314 e. The lowest BCUT2D eigenvalue weighted by Crippen LogP contribution is -2.41. The fraction of sp³-hybridized carbons (Fsp3) is 0.417. The van der Waals surface area contributed by atoms with Crippen LogP contribution in [-0.2, 0) is 14.9 Å². The molecule has 1 aliphatic rings. The topological polar surface area (TPSA) is 72.6 Å². The predicted octanol–water partition coefficient (Wildman–Crippen LogP) is 1.54. The molecule has 0 bridgehead atoms. The fourth-order valence-corrected chi connectivity index (χ4v) is 2.26. The summed E-state index contributed by atoms with van der Waals surface area (Å²) in [7, 11) is 0. The van der Waals surface area contributed by atoms with Gasteiger partial charge >= 0.3 is 5.97 Å². The number of hydrogen-bond acceptors (Lipinski definition) is 3. The highest BCUT2D eigenvalue weighted by atomic mass is 19.1. The Labute approximate surface area is 98.2 Å². The summed E-state index contributed by atoms with van der Waals surface area (Å²) in [4.78, 5) is 11.5. The maximum atomic E-state index is 13.3. The monoisotopic (exact) mass is 239 g/mol. The molecule has 4 nitrogen and oxygen atoms in total. The second-order valence-corrected chi connectivity index (χ2v) is 4.23. The van der Waals surface area contributed by atoms with Crippen molar-refractivity contribution >= 4 is 11.7 Å². The molecule has 1 heterocycles. The fourth-order valence-electron chi connectivity index (χ4n) is 2.26. The van der Waals surface area contributed by atoms with Crippen molar-refractivity contribution in [1.29, 1.82) is 0 Å². The molecule has 2 rings (SSSR count). The largest absolute Gasteiger partial charge is 0.481 e. The number of ether oxygens (including phenoxy) is 1. The number of hydrogen-bond donors (Lipinski definition) is 2. The molecule has 1 aromatic rings. The molecule has 0 spiro atoms. The van der Waals surface area contributed by atoms with Crippen molar-refractivity contribution in [2.75, 3.05) is 18.9 Å². The third kappa shape index (κ3) is 1.98. The summed E-state index contributed by atoms with van der Waals surface area (Å²) >= 11 is 0. The minimum atomic E-state index is -1.12. The standard InChI is InChI=1S/C12H14FNO3/c13-8-1-2-10(14)9(7-8)12(11(15)16)3-5-17-6-4-12/h1-2,7H,3-6,14H2,(H,15,16). The Kier molecular flexibility index (Phi) is 3.02. The van der Waals surface area contributed by atoms with Gasteiger partial charge in [-0.3, -0.25) is 4.79 Å². The molecular formula is C12H14FNO3. The molecule has 0 radical (unpaired) electrons. The Balaban J connectivity index is 2.52. The molecular weight excluding hydrogens is 225 g/mol. The maximum absolute atomic E-state index is 13.3. The van der Waals surface area contributed by atoms with Gasteiger partial charge in [-0.05, 0) is 36.6 Å². The second-order valence-electron chi connectivity index (χ2n) is 4.23. The highest BCUT2D eigenvalue weighted by molar-refractivity contribution is 5.83. The minimum Gasteiger partial charge on any atom is -0.481 e. The van der Waals surface area contributed by atoms with Gasteiger partial charge in [0, 0.05) is 18.9 Å². The first-order chi connectivity index (χ1) is 8.06. The van der Waals surface area contributed by atoms with Gasteiger partial charge in [0.15, 0.2) is 0 Å². The molecule has 5 heteroatoms. The highest BCUT2D eigenvalue weighted by Gasteiger charge is 2.43. The van der Waals surface area contributed by atoms with E-state index in [0.717, 1.165) is 0 Å². The summed E-state index contributed by atoms with van der Waals surface area (Å²) < 4.78 is 18.4. The first-order valence-corrected chi connectivity index (χ1v) is 5.43. The van der Waals surface area contributed by atoms with Crippen molar-refractivity contribution < 1.29 is 19.0 Å². The quantitative estimate of drug-likeness (QED) is 0.768. The Morgan fingerprint density at radius 1 is 1.41 bits per heavy atom. The van der Waals surface area contributed by atoms with Gasteiger partial charge in [-0.25, -0.2) is 4.39 Å². The second kappa shape index (κ2) is 4.33. The average molecular weight is 239 g/mol. The van der Waals surface area contributed by atoms with Gasteiger partial charge in [-0.15, -0.1) is 0 Å². The van der Waals surface area contributed by atoms with Crippen LogP contribution in [0.5, 0.6) is 0 Å². The van der Waals surface area contributed by atoms with Crippen LogP contribution in [0.15, 0.2) is 18.2 Å². The van der Waals surface area contributed by atoms with E-state index < -0.39 is 17.2 Å². The van der Waals surface area contributed by atoms with E-state index in [9.17, 15) is 14.3 Å². The van der Waals surface area contributed by atoms with E-state index in [0.29, 0.717) is 37.3 Å². The zero-order valence-corrected chi connectivity index (χ0v) is 9.28. The zero-order valence-electron chi connectivity index (χ0n) is 9.28. The van der Waals surface area contributed by atoms with Gasteiger partial charge < -0.3 is 15.6 Å². The summed E-state index contributed by atoms with van der Waals surface area (Å²) in [6.07, 6.45) is 0.631. The van der Waals surface area contributed by atoms with Crippen LogP contribution in [-0.4, -0.2) is 24.3 Å². The molecule has 0 atom stereocenters. The molecule has 0 unspecified atom stereocenters. The van der Waals surface area contributed by atoms with Crippen LogP contribution in [0.2, 0.25) is 0 Å². The van der Waals surface area contributed by atoms with Crippen molar-refractivity contribution in [2.24, 2.45) is 0 Å². The number of benzene rings is 1. The number of rotatable bonds is 2. The van der Waals surface area contributed by atoms with Crippen LogP contribution in [0, 0.1) is 5.82 Å². The van der Waals surface area contributed by atoms with Gasteiger partial charge in [0.05, 0.1) is 5.41 Å². The van der Waals surface area contributed by atoms with Crippen molar-refractivity contribution in [3.63, 3.8) is 0 Å². The molecule has 92 valence electrons. The third-order valence-electron chi connectivity index (χ3n) is 3.29. The first kappa shape index (κ1) is 11.9. The molecule has 1 fully saturated rings. The van der Waals surface area contributed by atoms with Crippen LogP contribution in [0.3, 0.4) is 0 Å². The summed E-state index contributed by atoms with van der Waals surface area (Å²) in [6, 6.07) is 3.85. The van der Waals surface area contributed by atoms with E-state index in [1.807, 2.05) is 0 Å². The molecule has 1 saturated heterocycles. The van der Waals surface area contributed by atoms with Crippen molar-refractivity contribution in [3.8, 4) is 0 Å². The summed E-state index contributed by atoms with van der Waals surface area (Å²) in [5.41, 5.74) is 5.32. The van der Waals surface area contributed by atoms with Gasteiger partial charge in [-0.2, -0.15) is 0 Å². The van der Waals surface area contributed by atoms with Crippen LogP contribution in [0.1, 0.15) is 18.4 Å². The van der Waals surface area contributed by atoms with Crippen LogP contribution < -0.4 is 5.73 Å². The molecule has 1 aliphatic heterocycles. The smallest absolute Gasteiger partial charge is 0.314 e. The number of anilines is 1. The van der Waals surface area contributed by atoms with E-state index in [1.54, 1.807) is 0 Å². The van der Waals surface area contributed by atoms with Crippen molar-refractivity contribution in [1.82, 2.24) is 0 Å². The number of carboxylic acid groups (broad SMARTS) is 1. The average Bonchev–Trinajstić information content (AvgIpc) is 2.33. The number of halogens is 1. The SMILES string of the molecule is Nc1ccc(F)cc1C1(C(=O)O)CCOCC1. The lowest BCUT2D eigenvalue weighted by Gasteiger charge is -2.34. The predicted molar refractivity (Wildman–Crippen MR) is 60.2 cm³/mol. The van der Waals surface area contributed by atoms with Crippen LogP contribution >= 0.6 is 0 Å². The van der Waals surface area contributed by atoms with Gasteiger partial charge in [0.25, 0.3) is 0 Å². The zero-order chi connectivity index (χ0) is 12.5. The number of nitrogen functional groups attached to an aromatic ring is 1. The Morgan fingerprint density at radius 3 is 2.65 bits per heavy atom. The van der Waals surface area contributed by atoms with Crippen LogP contribution in [0.4, 0.5) is 10.1 Å². The summed E-state index contributed by atoms with van der Waals surface area (Å²) in [5, 5.41) is 9.42. The van der Waals surface area contributed by atoms with E-state index in [4.69, 9.17) is 10.5 Å². The number of aliphatic carboxylic acids is 1. The summed E-state index contributed by atoms with van der Waals surface area (Å²) in [5.74, 6) is -1.44. The molecule has 0 aliphatic carbocycles. The summed E-state index contributed by atoms with van der Waals surface area (Å²) in [6.45, 7) is 0.699. The molecule has 3 N–H and O–H groups in total. The Morgan fingerprint density at radius 2 is 2.06 bits per heavy atom. The van der Waals surface area contributed by atoms with E-state index >= 15 is 0 Å².